The van der Waals surface area contributed by atoms with Crippen molar-refractivity contribution in [2.75, 3.05) is 26.9 Å². The molecule has 2 N–H and O–H groups in total. The van der Waals surface area contributed by atoms with Crippen LogP contribution in [0.25, 0.3) is 0 Å². The van der Waals surface area contributed by atoms with Crippen LogP contribution in [-0.2, 0) is 14.3 Å². The first-order valence-electron chi connectivity index (χ1n) is 4.49. The number of esters is 1. The van der Waals surface area contributed by atoms with Crippen LogP contribution >= 0.6 is 0 Å². The van der Waals surface area contributed by atoms with Gasteiger partial charge in [0.15, 0.2) is 0 Å². The van der Waals surface area contributed by atoms with Crippen LogP contribution in [0.2, 0.25) is 0 Å². The molecular formula is C9H19NO3. The van der Waals surface area contributed by atoms with E-state index >= 15 is 0 Å². The molecule has 1 atom stereocenters. The van der Waals surface area contributed by atoms with Gasteiger partial charge in [0, 0.05) is 13.7 Å². The molecule has 0 rings (SSSR count). The van der Waals surface area contributed by atoms with Crippen LogP contribution in [0.3, 0.4) is 0 Å². The van der Waals surface area contributed by atoms with Gasteiger partial charge in [-0.2, -0.15) is 0 Å². The van der Waals surface area contributed by atoms with E-state index in [-0.39, 0.29) is 17.8 Å². The largest absolute Gasteiger partial charge is 0.463 e. The second kappa shape index (κ2) is 6.86. The molecule has 78 valence electrons. The molecule has 0 saturated heterocycles. The zero-order chi connectivity index (χ0) is 10.3. The number of hydrogen-bond donors (Lipinski definition) is 1. The Balaban J connectivity index is 3.78. The molecule has 0 aliphatic heterocycles. The normalized spacial score (nSPS) is 13.0. The van der Waals surface area contributed by atoms with Crippen molar-refractivity contribution >= 4 is 5.97 Å². The molecule has 0 aliphatic rings. The van der Waals surface area contributed by atoms with Crippen LogP contribution in [-0.4, -0.2) is 32.8 Å². The van der Waals surface area contributed by atoms with Gasteiger partial charge in [-0.1, -0.05) is 13.8 Å². The molecule has 0 aliphatic carbocycles. The van der Waals surface area contributed by atoms with Crippen LogP contribution in [0.5, 0.6) is 0 Å². The number of rotatable bonds is 6. The monoisotopic (exact) mass is 189 g/mol. The van der Waals surface area contributed by atoms with E-state index in [9.17, 15) is 4.79 Å². The molecule has 0 aromatic rings. The summed E-state index contributed by atoms with van der Waals surface area (Å²) >= 11 is 0. The third-order valence-electron chi connectivity index (χ3n) is 1.89. The summed E-state index contributed by atoms with van der Waals surface area (Å²) in [5.74, 6) is -0.202. The molecule has 0 bridgehead atoms. The predicted octanol–water partition coefficient (Wildman–Crippen LogP) is 0.407. The Morgan fingerprint density at radius 1 is 1.38 bits per heavy atom. The molecule has 0 saturated carbocycles. The molecule has 0 amide bonds. The molecule has 0 fully saturated rings. The van der Waals surface area contributed by atoms with Gasteiger partial charge in [0.25, 0.3) is 0 Å². The topological polar surface area (TPSA) is 61.5 Å². The van der Waals surface area contributed by atoms with Gasteiger partial charge in [0.2, 0.25) is 0 Å². The third-order valence-corrected chi connectivity index (χ3v) is 1.89. The molecule has 1 unspecified atom stereocenters. The molecule has 0 aromatic carbocycles. The van der Waals surface area contributed by atoms with Crippen molar-refractivity contribution in [1.82, 2.24) is 0 Å². The lowest BCUT2D eigenvalue weighted by molar-refractivity contribution is -0.150. The lowest BCUT2D eigenvalue weighted by atomic mass is 9.96. The van der Waals surface area contributed by atoms with E-state index in [1.165, 1.54) is 0 Å². The highest BCUT2D eigenvalue weighted by Gasteiger charge is 2.21. The number of hydrogen-bond acceptors (Lipinski definition) is 4. The van der Waals surface area contributed by atoms with Crippen molar-refractivity contribution in [3.63, 3.8) is 0 Å². The number of methoxy groups -OCH3 is 1. The first-order valence-corrected chi connectivity index (χ1v) is 4.49. The molecule has 0 heterocycles. The number of nitrogens with two attached hydrogens (primary N) is 1. The minimum absolute atomic E-state index is 0.197. The average Bonchev–Trinajstić information content (AvgIpc) is 2.05. The molecular weight excluding hydrogens is 170 g/mol. The van der Waals surface area contributed by atoms with E-state index in [1.807, 2.05) is 13.8 Å². The van der Waals surface area contributed by atoms with Gasteiger partial charge in [0.05, 0.1) is 12.5 Å². The Morgan fingerprint density at radius 3 is 2.38 bits per heavy atom. The summed E-state index contributed by atoms with van der Waals surface area (Å²) in [6, 6.07) is 0. The highest BCUT2D eigenvalue weighted by atomic mass is 16.6. The highest BCUT2D eigenvalue weighted by Crippen LogP contribution is 2.10. The van der Waals surface area contributed by atoms with Gasteiger partial charge in [-0.15, -0.1) is 0 Å². The maximum absolute atomic E-state index is 11.3. The predicted molar refractivity (Wildman–Crippen MR) is 50.2 cm³/mol. The van der Waals surface area contributed by atoms with Gasteiger partial charge in [0.1, 0.15) is 6.61 Å². The Bertz CT molecular complexity index is 148. The zero-order valence-corrected chi connectivity index (χ0v) is 8.58. The van der Waals surface area contributed by atoms with Crippen molar-refractivity contribution < 1.29 is 14.3 Å². The highest BCUT2D eigenvalue weighted by molar-refractivity contribution is 5.72. The lowest BCUT2D eigenvalue weighted by Crippen LogP contribution is -2.30. The van der Waals surface area contributed by atoms with E-state index in [1.54, 1.807) is 7.11 Å². The quantitative estimate of drug-likeness (QED) is 0.485. The van der Waals surface area contributed by atoms with E-state index in [2.05, 4.69) is 0 Å². The summed E-state index contributed by atoms with van der Waals surface area (Å²) in [6.45, 7) is 4.98. The summed E-state index contributed by atoms with van der Waals surface area (Å²) < 4.78 is 9.71. The van der Waals surface area contributed by atoms with Crippen LogP contribution < -0.4 is 5.73 Å². The van der Waals surface area contributed by atoms with E-state index in [0.717, 1.165) is 0 Å². The number of carbonyl (C=O) groups is 1. The molecule has 4 heteroatoms. The van der Waals surface area contributed by atoms with Crippen molar-refractivity contribution in [2.24, 2.45) is 17.6 Å². The molecule has 0 radical (unpaired) electrons. The van der Waals surface area contributed by atoms with E-state index in [4.69, 9.17) is 15.2 Å². The summed E-state index contributed by atoms with van der Waals surface area (Å²) in [6.07, 6.45) is 0. The fourth-order valence-electron chi connectivity index (χ4n) is 0.973. The summed E-state index contributed by atoms with van der Waals surface area (Å²) in [4.78, 5) is 11.3. The minimum Gasteiger partial charge on any atom is -0.463 e. The van der Waals surface area contributed by atoms with Gasteiger partial charge in [-0.25, -0.2) is 0 Å². The molecule has 4 nitrogen and oxygen atoms in total. The van der Waals surface area contributed by atoms with Gasteiger partial charge < -0.3 is 15.2 Å². The van der Waals surface area contributed by atoms with Crippen molar-refractivity contribution in [3.05, 3.63) is 0 Å². The Kier molecular flexibility index (Phi) is 6.54. The first kappa shape index (κ1) is 12.4. The molecule has 0 spiro atoms. The fraction of sp³-hybridized carbons (Fsp3) is 0.889. The van der Waals surface area contributed by atoms with Gasteiger partial charge in [-0.3, -0.25) is 4.79 Å². The van der Waals surface area contributed by atoms with Crippen molar-refractivity contribution in [1.29, 1.82) is 0 Å². The maximum Gasteiger partial charge on any atom is 0.310 e. The maximum atomic E-state index is 11.3. The zero-order valence-electron chi connectivity index (χ0n) is 8.58. The Labute approximate surface area is 79.4 Å². The van der Waals surface area contributed by atoms with Crippen LogP contribution in [0.1, 0.15) is 13.8 Å². The number of ether oxygens (including phenoxy) is 2. The number of carbonyl (C=O) groups excluding carboxylic acids is 1. The molecule has 0 aromatic heterocycles. The van der Waals surface area contributed by atoms with E-state index in [0.29, 0.717) is 19.8 Å². The summed E-state index contributed by atoms with van der Waals surface area (Å²) in [7, 11) is 1.57. The molecule has 13 heavy (non-hydrogen) atoms. The average molecular weight is 189 g/mol. The first-order chi connectivity index (χ1) is 6.13. The summed E-state index contributed by atoms with van der Waals surface area (Å²) in [5.41, 5.74) is 5.45. The smallest absolute Gasteiger partial charge is 0.310 e. The standard InChI is InChI=1S/C9H19NO3/c1-7(2)8(6-10)9(11)13-5-4-12-3/h7-8H,4-6,10H2,1-3H3. The Hall–Kier alpha value is -0.610. The lowest BCUT2D eigenvalue weighted by Gasteiger charge is -2.16. The van der Waals surface area contributed by atoms with Crippen LogP contribution in [0, 0.1) is 11.8 Å². The van der Waals surface area contributed by atoms with E-state index < -0.39 is 0 Å². The second-order valence-electron chi connectivity index (χ2n) is 3.25. The Morgan fingerprint density at radius 2 is 2.00 bits per heavy atom. The second-order valence-corrected chi connectivity index (χ2v) is 3.25. The van der Waals surface area contributed by atoms with Crippen molar-refractivity contribution in [2.45, 2.75) is 13.8 Å². The van der Waals surface area contributed by atoms with Crippen molar-refractivity contribution in [3.8, 4) is 0 Å². The van der Waals surface area contributed by atoms with Crippen LogP contribution in [0.4, 0.5) is 0 Å². The third kappa shape index (κ3) is 4.85. The summed E-state index contributed by atoms with van der Waals surface area (Å²) in [5, 5.41) is 0. The minimum atomic E-state index is -0.227. The SMILES string of the molecule is COCCOC(=O)C(CN)C(C)C. The fourth-order valence-corrected chi connectivity index (χ4v) is 0.973. The van der Waals surface area contributed by atoms with Gasteiger partial charge >= 0.3 is 5.97 Å². The van der Waals surface area contributed by atoms with Crippen LogP contribution in [0.15, 0.2) is 0 Å². The van der Waals surface area contributed by atoms with Gasteiger partial charge in [-0.05, 0) is 5.92 Å².